The zero-order valence-electron chi connectivity index (χ0n) is 13.6. The number of allylic oxidation sites excluding steroid dienone is 1. The van der Waals surface area contributed by atoms with Gasteiger partial charge in [0.2, 0.25) is 0 Å². The van der Waals surface area contributed by atoms with E-state index >= 15 is 0 Å². The molecule has 0 aliphatic rings. The largest absolute Gasteiger partial charge is 0.460 e. The fourth-order valence-corrected chi connectivity index (χ4v) is 2.36. The zero-order chi connectivity index (χ0) is 22.9. The first kappa shape index (κ1) is 25.4. The van der Waals surface area contributed by atoms with E-state index in [1.54, 1.807) is 0 Å². The minimum atomic E-state index is -7.47. The van der Waals surface area contributed by atoms with Crippen LogP contribution in [0.1, 0.15) is 10.4 Å². The summed E-state index contributed by atoms with van der Waals surface area (Å²) >= 11 is 0.903. The number of carbonyl (C=O) groups excluding carboxylic acids is 1. The standard InChI is InChI=1S/C15H9F11INO/c16-11(17,12(18,19)13(20,21)14(22,23)15(24,25)26)6-9(27)7-28-10(29)8-4-2-1-3-5-8/h1-6H,7H2,(H,28,29). The molecule has 0 aliphatic carbocycles. The Morgan fingerprint density at radius 2 is 1.31 bits per heavy atom. The van der Waals surface area contributed by atoms with Crippen molar-refractivity contribution in [3.8, 4) is 0 Å². The van der Waals surface area contributed by atoms with Crippen molar-refractivity contribution in [2.24, 2.45) is 0 Å². The second kappa shape index (κ2) is 8.26. The van der Waals surface area contributed by atoms with Crippen LogP contribution in [0.2, 0.25) is 0 Å². The second-order valence-electron chi connectivity index (χ2n) is 5.48. The predicted molar refractivity (Wildman–Crippen MR) is 86.7 cm³/mol. The van der Waals surface area contributed by atoms with E-state index < -0.39 is 52.0 Å². The van der Waals surface area contributed by atoms with Crippen LogP contribution in [0.25, 0.3) is 0 Å². The Balaban J connectivity index is 3.07. The third-order valence-electron chi connectivity index (χ3n) is 3.36. The molecule has 0 aliphatic heterocycles. The van der Waals surface area contributed by atoms with E-state index in [2.05, 4.69) is 0 Å². The van der Waals surface area contributed by atoms with Gasteiger partial charge in [-0.3, -0.25) is 4.79 Å². The van der Waals surface area contributed by atoms with Crippen LogP contribution < -0.4 is 5.32 Å². The van der Waals surface area contributed by atoms with Gasteiger partial charge in [-0.15, -0.1) is 0 Å². The molecular weight excluding hydrogens is 546 g/mol. The Kier molecular flexibility index (Phi) is 7.24. The van der Waals surface area contributed by atoms with Gasteiger partial charge >= 0.3 is 29.9 Å². The van der Waals surface area contributed by atoms with Crippen LogP contribution in [0, 0.1) is 0 Å². The number of benzene rings is 1. The van der Waals surface area contributed by atoms with E-state index in [4.69, 9.17) is 0 Å². The number of amides is 1. The topological polar surface area (TPSA) is 29.1 Å². The van der Waals surface area contributed by atoms with E-state index in [9.17, 15) is 53.1 Å². The van der Waals surface area contributed by atoms with Gasteiger partial charge in [0.15, 0.2) is 0 Å². The van der Waals surface area contributed by atoms with Gasteiger partial charge in [-0.05, 0) is 34.7 Å². The summed E-state index contributed by atoms with van der Waals surface area (Å²) in [5.41, 5.74) is 0.0187. The van der Waals surface area contributed by atoms with Gasteiger partial charge in [0.05, 0.1) is 0 Å². The number of nitrogens with one attached hydrogen (secondary N) is 1. The molecule has 164 valence electrons. The summed E-state index contributed by atoms with van der Waals surface area (Å²) in [5.74, 6) is -29.0. The Morgan fingerprint density at radius 3 is 1.76 bits per heavy atom. The van der Waals surface area contributed by atoms with Crippen LogP contribution in [0.15, 0.2) is 40.0 Å². The van der Waals surface area contributed by atoms with Gasteiger partial charge in [0.1, 0.15) is 0 Å². The molecule has 1 rings (SSSR count). The third kappa shape index (κ3) is 4.94. The molecule has 0 heterocycles. The Bertz CT molecular complexity index is 759. The van der Waals surface area contributed by atoms with Crippen LogP contribution in [0.4, 0.5) is 48.3 Å². The van der Waals surface area contributed by atoms with E-state index in [-0.39, 0.29) is 5.56 Å². The Hall–Kier alpha value is -1.61. The smallest absolute Gasteiger partial charge is 0.348 e. The summed E-state index contributed by atoms with van der Waals surface area (Å²) in [5, 5.41) is 1.96. The van der Waals surface area contributed by atoms with Crippen LogP contribution in [-0.4, -0.2) is 42.3 Å². The Morgan fingerprint density at radius 1 is 0.828 bits per heavy atom. The van der Waals surface area contributed by atoms with E-state index in [0.29, 0.717) is 0 Å². The number of carbonyl (C=O) groups is 1. The minimum absolute atomic E-state index is 0.0187. The summed E-state index contributed by atoms with van der Waals surface area (Å²) < 4.78 is 141. The number of hydrogen-bond donors (Lipinski definition) is 1. The van der Waals surface area contributed by atoms with Crippen molar-refractivity contribution in [2.75, 3.05) is 6.54 Å². The lowest BCUT2D eigenvalue weighted by atomic mass is 9.98. The number of rotatable bonds is 7. The fraction of sp³-hybridized carbons (Fsp3) is 0.400. The van der Waals surface area contributed by atoms with Crippen molar-refractivity contribution >= 4 is 28.5 Å². The molecule has 0 saturated heterocycles. The van der Waals surface area contributed by atoms with Crippen LogP contribution in [-0.2, 0) is 0 Å². The van der Waals surface area contributed by atoms with Gasteiger partial charge < -0.3 is 5.32 Å². The van der Waals surface area contributed by atoms with Crippen molar-refractivity contribution in [3.63, 3.8) is 0 Å². The molecule has 0 spiro atoms. The fourth-order valence-electron chi connectivity index (χ4n) is 1.78. The van der Waals surface area contributed by atoms with E-state index in [0.717, 1.165) is 22.6 Å². The monoisotopic (exact) mass is 555 g/mol. The molecule has 1 amide bonds. The first-order chi connectivity index (χ1) is 12.9. The highest BCUT2D eigenvalue weighted by atomic mass is 127. The second-order valence-corrected chi connectivity index (χ2v) is 6.87. The molecule has 0 bridgehead atoms. The predicted octanol–water partition coefficient (Wildman–Crippen LogP) is 5.84. The maximum absolute atomic E-state index is 13.6. The lowest BCUT2D eigenvalue weighted by Crippen LogP contribution is -2.66. The molecule has 1 aromatic carbocycles. The SMILES string of the molecule is O=C(NCC(I)=CC(F)(F)C(F)(F)C(F)(F)C(F)(F)C(F)(F)F)c1ccccc1. The first-order valence-electron chi connectivity index (χ1n) is 7.17. The number of hydrogen-bond acceptors (Lipinski definition) is 1. The maximum atomic E-state index is 13.6. The highest BCUT2D eigenvalue weighted by Gasteiger charge is 2.86. The Labute approximate surface area is 169 Å². The molecule has 1 aromatic rings. The minimum Gasteiger partial charge on any atom is -0.348 e. The zero-order valence-corrected chi connectivity index (χ0v) is 15.8. The van der Waals surface area contributed by atoms with Crippen LogP contribution in [0.3, 0.4) is 0 Å². The molecule has 0 radical (unpaired) electrons. The quantitative estimate of drug-likeness (QED) is 0.333. The first-order valence-corrected chi connectivity index (χ1v) is 8.25. The summed E-state index contributed by atoms with van der Waals surface area (Å²) in [6.07, 6.45) is -8.13. The van der Waals surface area contributed by atoms with Crippen molar-refractivity contribution in [1.82, 2.24) is 5.32 Å². The molecule has 0 saturated carbocycles. The van der Waals surface area contributed by atoms with Crippen molar-refractivity contribution in [1.29, 1.82) is 0 Å². The lowest BCUT2D eigenvalue weighted by Gasteiger charge is -2.36. The molecule has 1 N–H and O–H groups in total. The molecule has 0 atom stereocenters. The molecular formula is C15H9F11INO. The number of alkyl halides is 11. The highest BCUT2D eigenvalue weighted by molar-refractivity contribution is 14.1. The van der Waals surface area contributed by atoms with Crippen molar-refractivity contribution in [2.45, 2.75) is 29.9 Å². The van der Waals surface area contributed by atoms with E-state index in [1.807, 2.05) is 5.32 Å². The van der Waals surface area contributed by atoms with E-state index in [1.165, 1.54) is 30.3 Å². The van der Waals surface area contributed by atoms with Gasteiger partial charge in [-0.25, -0.2) is 0 Å². The summed E-state index contributed by atoms with van der Waals surface area (Å²) in [6.45, 7) is -0.915. The van der Waals surface area contributed by atoms with Gasteiger partial charge in [0, 0.05) is 21.8 Å². The average molecular weight is 555 g/mol. The maximum Gasteiger partial charge on any atom is 0.460 e. The summed E-state index contributed by atoms with van der Waals surface area (Å²) in [6, 6.07) is 6.95. The summed E-state index contributed by atoms with van der Waals surface area (Å²) in [7, 11) is 0. The molecule has 0 aromatic heterocycles. The molecule has 0 fully saturated rings. The van der Waals surface area contributed by atoms with Crippen LogP contribution >= 0.6 is 22.6 Å². The van der Waals surface area contributed by atoms with Crippen molar-refractivity contribution in [3.05, 3.63) is 45.6 Å². The third-order valence-corrected chi connectivity index (χ3v) is 4.05. The van der Waals surface area contributed by atoms with Crippen LogP contribution in [0.5, 0.6) is 0 Å². The molecule has 0 unspecified atom stereocenters. The number of halogens is 12. The molecule has 14 heteroatoms. The van der Waals surface area contributed by atoms with Crippen molar-refractivity contribution < 1.29 is 53.1 Å². The van der Waals surface area contributed by atoms with Gasteiger partial charge in [-0.1, -0.05) is 18.2 Å². The van der Waals surface area contributed by atoms with Gasteiger partial charge in [0.25, 0.3) is 5.91 Å². The normalized spacial score (nSPS) is 14.7. The summed E-state index contributed by atoms with van der Waals surface area (Å²) in [4.78, 5) is 11.7. The highest BCUT2D eigenvalue weighted by Crippen LogP contribution is 2.57. The lowest BCUT2D eigenvalue weighted by molar-refractivity contribution is -0.416. The molecule has 2 nitrogen and oxygen atoms in total. The van der Waals surface area contributed by atoms with Gasteiger partial charge in [-0.2, -0.15) is 48.3 Å². The average Bonchev–Trinajstić information content (AvgIpc) is 2.58. The molecule has 29 heavy (non-hydrogen) atoms.